The van der Waals surface area contributed by atoms with Crippen LogP contribution in [0.1, 0.15) is 12.0 Å². The van der Waals surface area contributed by atoms with E-state index < -0.39 is 23.8 Å². The van der Waals surface area contributed by atoms with E-state index in [-0.39, 0.29) is 19.5 Å². The summed E-state index contributed by atoms with van der Waals surface area (Å²) in [5.41, 5.74) is 7.28. The van der Waals surface area contributed by atoms with E-state index in [1.165, 1.54) is 0 Å². The summed E-state index contributed by atoms with van der Waals surface area (Å²) >= 11 is 12.4. The van der Waals surface area contributed by atoms with Gasteiger partial charge in [0.15, 0.2) is 11.6 Å². The fourth-order valence-electron chi connectivity index (χ4n) is 3.47. The molecular formula is C19H17Cl2F3N4. The lowest BCUT2D eigenvalue weighted by atomic mass is 10.1. The Morgan fingerprint density at radius 1 is 1.14 bits per heavy atom. The molecule has 0 saturated carbocycles. The molecule has 1 aromatic heterocycles. The van der Waals surface area contributed by atoms with Gasteiger partial charge in [0.25, 0.3) is 0 Å². The summed E-state index contributed by atoms with van der Waals surface area (Å²) in [5.74, 6) is -1.50. The molecular weight excluding hydrogens is 412 g/mol. The van der Waals surface area contributed by atoms with Crippen LogP contribution in [0.25, 0.3) is 11.0 Å². The van der Waals surface area contributed by atoms with E-state index in [4.69, 9.17) is 28.9 Å². The van der Waals surface area contributed by atoms with E-state index in [1.54, 1.807) is 22.8 Å². The van der Waals surface area contributed by atoms with Crippen LogP contribution in [-0.4, -0.2) is 34.9 Å². The van der Waals surface area contributed by atoms with Crippen molar-refractivity contribution in [2.24, 2.45) is 5.73 Å². The minimum absolute atomic E-state index is 0.237. The van der Waals surface area contributed by atoms with Crippen molar-refractivity contribution in [3.8, 4) is 0 Å². The maximum Gasteiger partial charge on any atom is 0.206 e. The topological polar surface area (TPSA) is 47.1 Å². The van der Waals surface area contributed by atoms with Crippen molar-refractivity contribution in [2.75, 3.05) is 18.0 Å². The van der Waals surface area contributed by atoms with Gasteiger partial charge in [0.2, 0.25) is 5.95 Å². The highest BCUT2D eigenvalue weighted by molar-refractivity contribution is 6.33. The number of hydrogen-bond acceptors (Lipinski definition) is 3. The molecule has 1 aliphatic rings. The van der Waals surface area contributed by atoms with Crippen LogP contribution in [0.5, 0.6) is 0 Å². The first-order valence-electron chi connectivity index (χ1n) is 8.77. The van der Waals surface area contributed by atoms with Crippen LogP contribution in [0.4, 0.5) is 19.1 Å². The normalized spacial score (nSPS) is 20.1. The van der Waals surface area contributed by atoms with Crippen LogP contribution >= 0.6 is 23.2 Å². The molecule has 1 fully saturated rings. The summed E-state index contributed by atoms with van der Waals surface area (Å²) in [6.07, 6.45) is -0.836. The number of fused-ring (bicyclic) bond motifs is 1. The number of benzene rings is 2. The number of piperidine rings is 1. The maximum atomic E-state index is 13.9. The molecule has 4 rings (SSSR count). The summed E-state index contributed by atoms with van der Waals surface area (Å²) in [7, 11) is 0. The fourth-order valence-corrected chi connectivity index (χ4v) is 3.85. The number of aromatic nitrogens is 2. The van der Waals surface area contributed by atoms with Gasteiger partial charge >= 0.3 is 0 Å². The number of imidazole rings is 1. The standard InChI is InChI=1S/C19H17Cl2F3N4/c20-11-1-2-12(21)10(5-11)8-28-18-7-15(24)14(23)6-17(18)26-19(28)27-4-3-13(22)16(25)9-27/h1-2,5-7,13,16H,3-4,8-9,25H2/t13-,16-/m1/s1. The van der Waals surface area contributed by atoms with Gasteiger partial charge in [-0.1, -0.05) is 23.2 Å². The van der Waals surface area contributed by atoms with Crippen molar-refractivity contribution in [1.82, 2.24) is 9.55 Å². The minimum atomic E-state index is -1.09. The Bertz CT molecular complexity index is 1040. The highest BCUT2D eigenvalue weighted by atomic mass is 35.5. The van der Waals surface area contributed by atoms with Gasteiger partial charge in [0.1, 0.15) is 6.17 Å². The largest absolute Gasteiger partial charge is 0.340 e. The third kappa shape index (κ3) is 3.54. The highest BCUT2D eigenvalue weighted by Crippen LogP contribution is 2.30. The number of nitrogens with zero attached hydrogens (tertiary/aromatic N) is 3. The summed E-state index contributed by atoms with van der Waals surface area (Å²) in [6.45, 7) is 0.881. The van der Waals surface area contributed by atoms with Gasteiger partial charge in [-0.05, 0) is 30.2 Å². The molecule has 0 radical (unpaired) electrons. The molecule has 28 heavy (non-hydrogen) atoms. The van der Waals surface area contributed by atoms with Gasteiger partial charge in [-0.2, -0.15) is 0 Å². The Hall–Kier alpha value is -1.96. The molecule has 4 nitrogen and oxygen atoms in total. The Morgan fingerprint density at radius 2 is 1.89 bits per heavy atom. The Balaban J connectivity index is 1.84. The summed E-state index contributed by atoms with van der Waals surface area (Å²) in [5, 5.41) is 0.988. The average Bonchev–Trinajstić information content (AvgIpc) is 2.98. The van der Waals surface area contributed by atoms with Crippen LogP contribution in [0.15, 0.2) is 30.3 Å². The lowest BCUT2D eigenvalue weighted by Gasteiger charge is -2.34. The van der Waals surface area contributed by atoms with Crippen molar-refractivity contribution in [3.63, 3.8) is 0 Å². The minimum Gasteiger partial charge on any atom is -0.340 e. The third-order valence-electron chi connectivity index (χ3n) is 4.96. The van der Waals surface area contributed by atoms with Crippen LogP contribution < -0.4 is 10.6 Å². The monoisotopic (exact) mass is 428 g/mol. The zero-order chi connectivity index (χ0) is 20.0. The molecule has 148 valence electrons. The lowest BCUT2D eigenvalue weighted by Crippen LogP contribution is -2.50. The zero-order valence-corrected chi connectivity index (χ0v) is 16.2. The van der Waals surface area contributed by atoms with Crippen molar-refractivity contribution >= 4 is 40.2 Å². The van der Waals surface area contributed by atoms with Crippen molar-refractivity contribution in [3.05, 3.63) is 57.6 Å². The predicted molar refractivity (Wildman–Crippen MR) is 105 cm³/mol. The number of rotatable bonds is 3. The van der Waals surface area contributed by atoms with Crippen molar-refractivity contribution in [2.45, 2.75) is 25.2 Å². The quantitative estimate of drug-likeness (QED) is 0.665. The molecule has 9 heteroatoms. The molecule has 0 unspecified atom stereocenters. The van der Waals surface area contributed by atoms with Crippen molar-refractivity contribution < 1.29 is 13.2 Å². The Morgan fingerprint density at radius 3 is 2.64 bits per heavy atom. The molecule has 2 aromatic carbocycles. The van der Waals surface area contributed by atoms with Gasteiger partial charge in [0, 0.05) is 35.3 Å². The molecule has 0 aliphatic carbocycles. The van der Waals surface area contributed by atoms with E-state index in [2.05, 4.69) is 4.98 Å². The zero-order valence-electron chi connectivity index (χ0n) is 14.7. The summed E-state index contributed by atoms with van der Waals surface area (Å²) in [4.78, 5) is 6.30. The number of hydrogen-bond donors (Lipinski definition) is 1. The molecule has 1 aliphatic heterocycles. The molecule has 2 N–H and O–H groups in total. The molecule has 2 heterocycles. The van der Waals surface area contributed by atoms with Crippen LogP contribution in [0, 0.1) is 11.6 Å². The number of halogens is 5. The second kappa shape index (κ2) is 7.46. The van der Waals surface area contributed by atoms with Gasteiger partial charge in [-0.15, -0.1) is 0 Å². The van der Waals surface area contributed by atoms with Crippen molar-refractivity contribution in [1.29, 1.82) is 0 Å². The molecule has 2 atom stereocenters. The highest BCUT2D eigenvalue weighted by Gasteiger charge is 2.29. The SMILES string of the molecule is N[C@@H]1CN(c2nc3cc(F)c(F)cc3n2Cc2cc(Cl)ccc2Cl)CC[C@H]1F. The van der Waals surface area contributed by atoms with E-state index in [9.17, 15) is 13.2 Å². The Labute approximate surface area is 169 Å². The van der Waals surface area contributed by atoms with Gasteiger partial charge < -0.3 is 15.2 Å². The lowest BCUT2D eigenvalue weighted by molar-refractivity contribution is 0.243. The van der Waals surface area contributed by atoms with Crippen LogP contribution in [0.2, 0.25) is 10.0 Å². The number of nitrogens with two attached hydrogens (primary N) is 1. The van der Waals surface area contributed by atoms with Gasteiger partial charge in [0.05, 0.1) is 23.6 Å². The molecule has 3 aromatic rings. The van der Waals surface area contributed by atoms with Gasteiger partial charge in [-0.25, -0.2) is 18.2 Å². The average molecular weight is 429 g/mol. The first kappa shape index (κ1) is 19.4. The maximum absolute atomic E-state index is 13.9. The summed E-state index contributed by atoms with van der Waals surface area (Å²) in [6, 6.07) is 6.53. The molecule has 0 amide bonds. The van der Waals surface area contributed by atoms with E-state index >= 15 is 0 Å². The fraction of sp³-hybridized carbons (Fsp3) is 0.316. The number of alkyl halides is 1. The molecule has 0 bridgehead atoms. The van der Waals surface area contributed by atoms with Crippen LogP contribution in [0.3, 0.4) is 0 Å². The summed E-state index contributed by atoms with van der Waals surface area (Å²) < 4.78 is 43.2. The Kier molecular flexibility index (Phi) is 5.16. The molecule has 0 spiro atoms. The number of anilines is 1. The second-order valence-electron chi connectivity index (χ2n) is 6.90. The smallest absolute Gasteiger partial charge is 0.206 e. The van der Waals surface area contributed by atoms with E-state index in [0.717, 1.165) is 12.1 Å². The second-order valence-corrected chi connectivity index (χ2v) is 7.75. The first-order chi connectivity index (χ1) is 13.3. The van der Waals surface area contributed by atoms with Gasteiger partial charge in [-0.3, -0.25) is 0 Å². The first-order valence-corrected chi connectivity index (χ1v) is 9.53. The third-order valence-corrected chi connectivity index (χ3v) is 5.56. The predicted octanol–water partition coefficient (Wildman–Crippen LogP) is 4.55. The van der Waals surface area contributed by atoms with E-state index in [1.807, 2.05) is 4.90 Å². The molecule has 1 saturated heterocycles. The van der Waals surface area contributed by atoms with Crippen LogP contribution in [-0.2, 0) is 6.54 Å². The van der Waals surface area contributed by atoms with E-state index in [0.29, 0.717) is 39.1 Å².